The Kier molecular flexibility index (Phi) is 5.14. The first kappa shape index (κ1) is 19.5. The van der Waals surface area contributed by atoms with Crippen LogP contribution in [0.25, 0.3) is 16.8 Å². The van der Waals surface area contributed by atoms with Crippen molar-refractivity contribution in [3.05, 3.63) is 77.0 Å². The Morgan fingerprint density at radius 1 is 1.00 bits per heavy atom. The standard InChI is InChI=1S/C24H22N2O4/c1-15-5-4-6-16(11-15)14-26-23(27)21(25-24(26)28)13-20-19-12-18(29-2)9-7-17(19)8-10-22(20)30-3/h4-13H,14H2,1-3H3,(H,25,28)/b21-13+. The zero-order valence-corrected chi connectivity index (χ0v) is 17.1. The smallest absolute Gasteiger partial charge is 0.329 e. The van der Waals surface area contributed by atoms with Crippen molar-refractivity contribution in [3.63, 3.8) is 0 Å². The van der Waals surface area contributed by atoms with E-state index in [0.717, 1.165) is 21.9 Å². The van der Waals surface area contributed by atoms with Crippen molar-refractivity contribution in [2.24, 2.45) is 0 Å². The lowest BCUT2D eigenvalue weighted by Gasteiger charge is -2.12. The molecule has 30 heavy (non-hydrogen) atoms. The molecule has 3 amide bonds. The number of benzene rings is 3. The van der Waals surface area contributed by atoms with Gasteiger partial charge in [0.15, 0.2) is 0 Å². The number of hydrogen-bond acceptors (Lipinski definition) is 4. The molecule has 152 valence electrons. The van der Waals surface area contributed by atoms with Crippen LogP contribution in [0, 0.1) is 6.92 Å². The summed E-state index contributed by atoms with van der Waals surface area (Å²) in [5.74, 6) is 0.921. The number of methoxy groups -OCH3 is 2. The number of imide groups is 1. The Labute approximate surface area is 174 Å². The highest BCUT2D eigenvalue weighted by atomic mass is 16.5. The maximum absolute atomic E-state index is 13.0. The minimum Gasteiger partial charge on any atom is -0.497 e. The Hall–Kier alpha value is -3.80. The Morgan fingerprint density at radius 2 is 1.80 bits per heavy atom. The van der Waals surface area contributed by atoms with Gasteiger partial charge in [-0.3, -0.25) is 9.69 Å². The third-order valence-corrected chi connectivity index (χ3v) is 5.12. The van der Waals surface area contributed by atoms with E-state index in [1.165, 1.54) is 4.90 Å². The third-order valence-electron chi connectivity index (χ3n) is 5.12. The molecule has 0 aliphatic carbocycles. The molecule has 0 saturated carbocycles. The normalized spacial score (nSPS) is 15.0. The van der Waals surface area contributed by atoms with Crippen LogP contribution in [0.5, 0.6) is 11.5 Å². The molecule has 1 aliphatic heterocycles. The molecule has 0 spiro atoms. The summed E-state index contributed by atoms with van der Waals surface area (Å²) in [6.07, 6.45) is 1.66. The molecule has 6 heteroatoms. The second kappa shape index (κ2) is 7.91. The number of urea groups is 1. The molecule has 0 unspecified atom stereocenters. The van der Waals surface area contributed by atoms with Crippen LogP contribution in [-0.2, 0) is 11.3 Å². The fourth-order valence-corrected chi connectivity index (χ4v) is 3.61. The lowest BCUT2D eigenvalue weighted by atomic mass is 10.0. The van der Waals surface area contributed by atoms with E-state index in [4.69, 9.17) is 9.47 Å². The Balaban J connectivity index is 1.73. The molecule has 6 nitrogen and oxygen atoms in total. The topological polar surface area (TPSA) is 67.9 Å². The van der Waals surface area contributed by atoms with Gasteiger partial charge in [-0.15, -0.1) is 0 Å². The summed E-state index contributed by atoms with van der Waals surface area (Å²) < 4.78 is 10.9. The summed E-state index contributed by atoms with van der Waals surface area (Å²) in [7, 11) is 3.17. The van der Waals surface area contributed by atoms with Gasteiger partial charge in [-0.05, 0) is 47.5 Å². The molecule has 0 aromatic heterocycles. The minimum absolute atomic E-state index is 0.210. The lowest BCUT2D eigenvalue weighted by Crippen LogP contribution is -2.30. The van der Waals surface area contributed by atoms with Crippen LogP contribution in [0.1, 0.15) is 16.7 Å². The summed E-state index contributed by atoms with van der Waals surface area (Å²) in [6.45, 7) is 2.19. The molecule has 1 fully saturated rings. The summed E-state index contributed by atoms with van der Waals surface area (Å²) >= 11 is 0. The van der Waals surface area contributed by atoms with Crippen molar-refractivity contribution >= 4 is 28.8 Å². The Bertz CT molecular complexity index is 1180. The molecular weight excluding hydrogens is 380 g/mol. The first-order valence-corrected chi connectivity index (χ1v) is 9.55. The number of carbonyl (C=O) groups is 2. The van der Waals surface area contributed by atoms with Gasteiger partial charge in [0.05, 0.1) is 20.8 Å². The van der Waals surface area contributed by atoms with Gasteiger partial charge in [-0.25, -0.2) is 4.79 Å². The van der Waals surface area contributed by atoms with Crippen molar-refractivity contribution in [2.75, 3.05) is 14.2 Å². The number of nitrogens with zero attached hydrogens (tertiary/aromatic N) is 1. The summed E-state index contributed by atoms with van der Waals surface area (Å²) in [4.78, 5) is 26.7. The summed E-state index contributed by atoms with van der Waals surface area (Å²) in [5, 5.41) is 4.52. The van der Waals surface area contributed by atoms with E-state index >= 15 is 0 Å². The number of fused-ring (bicyclic) bond motifs is 1. The number of aryl methyl sites for hydroxylation is 1. The number of hydrogen-bond donors (Lipinski definition) is 1. The predicted molar refractivity (Wildman–Crippen MR) is 115 cm³/mol. The monoisotopic (exact) mass is 402 g/mol. The van der Waals surface area contributed by atoms with Crippen LogP contribution in [0.2, 0.25) is 0 Å². The van der Waals surface area contributed by atoms with Gasteiger partial charge >= 0.3 is 6.03 Å². The molecule has 0 atom stereocenters. The molecular formula is C24H22N2O4. The van der Waals surface area contributed by atoms with Gasteiger partial charge in [0.25, 0.3) is 5.91 Å². The molecule has 4 rings (SSSR count). The zero-order chi connectivity index (χ0) is 21.3. The molecule has 0 radical (unpaired) electrons. The van der Waals surface area contributed by atoms with Gasteiger partial charge in [-0.1, -0.05) is 42.0 Å². The molecule has 1 heterocycles. The van der Waals surface area contributed by atoms with E-state index in [-0.39, 0.29) is 18.1 Å². The second-order valence-electron chi connectivity index (χ2n) is 7.14. The molecule has 0 bridgehead atoms. The molecule has 1 N–H and O–H groups in total. The van der Waals surface area contributed by atoms with Crippen LogP contribution >= 0.6 is 0 Å². The quantitative estimate of drug-likeness (QED) is 0.512. The average Bonchev–Trinajstić information content (AvgIpc) is 3.01. The fourth-order valence-electron chi connectivity index (χ4n) is 3.61. The largest absolute Gasteiger partial charge is 0.497 e. The van der Waals surface area contributed by atoms with Crippen LogP contribution in [-0.4, -0.2) is 31.1 Å². The first-order valence-electron chi connectivity index (χ1n) is 9.55. The van der Waals surface area contributed by atoms with E-state index in [1.54, 1.807) is 20.3 Å². The first-order chi connectivity index (χ1) is 14.5. The van der Waals surface area contributed by atoms with Gasteiger partial charge in [-0.2, -0.15) is 0 Å². The zero-order valence-electron chi connectivity index (χ0n) is 17.1. The van der Waals surface area contributed by atoms with Crippen molar-refractivity contribution in [1.82, 2.24) is 10.2 Å². The Morgan fingerprint density at radius 3 is 2.53 bits per heavy atom. The van der Waals surface area contributed by atoms with Crippen molar-refractivity contribution < 1.29 is 19.1 Å². The van der Waals surface area contributed by atoms with Crippen LogP contribution < -0.4 is 14.8 Å². The second-order valence-corrected chi connectivity index (χ2v) is 7.14. The molecule has 1 aliphatic rings. The average molecular weight is 402 g/mol. The summed E-state index contributed by atoms with van der Waals surface area (Å²) in [6, 6.07) is 16.8. The van der Waals surface area contributed by atoms with E-state index in [1.807, 2.05) is 61.5 Å². The number of nitrogens with one attached hydrogen (secondary N) is 1. The maximum Gasteiger partial charge on any atom is 0.329 e. The fraction of sp³-hybridized carbons (Fsp3) is 0.167. The minimum atomic E-state index is -0.440. The highest BCUT2D eigenvalue weighted by Gasteiger charge is 2.33. The summed E-state index contributed by atoms with van der Waals surface area (Å²) in [5.41, 5.74) is 2.88. The van der Waals surface area contributed by atoms with Crippen molar-refractivity contribution in [3.8, 4) is 11.5 Å². The van der Waals surface area contributed by atoms with Crippen LogP contribution in [0.3, 0.4) is 0 Å². The van der Waals surface area contributed by atoms with E-state index in [2.05, 4.69) is 5.32 Å². The predicted octanol–water partition coefficient (Wildman–Crippen LogP) is 4.26. The maximum atomic E-state index is 13.0. The molecule has 1 saturated heterocycles. The van der Waals surface area contributed by atoms with E-state index in [9.17, 15) is 9.59 Å². The van der Waals surface area contributed by atoms with Gasteiger partial charge in [0.1, 0.15) is 17.2 Å². The van der Waals surface area contributed by atoms with Crippen LogP contribution in [0.15, 0.2) is 60.3 Å². The van der Waals surface area contributed by atoms with Gasteiger partial charge < -0.3 is 14.8 Å². The number of amides is 3. The van der Waals surface area contributed by atoms with E-state index < -0.39 is 6.03 Å². The van der Waals surface area contributed by atoms with Crippen molar-refractivity contribution in [1.29, 1.82) is 0 Å². The van der Waals surface area contributed by atoms with Gasteiger partial charge in [0.2, 0.25) is 0 Å². The number of ether oxygens (including phenoxy) is 2. The molecule has 3 aromatic carbocycles. The van der Waals surface area contributed by atoms with Crippen LogP contribution in [0.4, 0.5) is 4.79 Å². The highest BCUT2D eigenvalue weighted by Crippen LogP contribution is 2.33. The number of rotatable bonds is 5. The lowest BCUT2D eigenvalue weighted by molar-refractivity contribution is -0.123. The van der Waals surface area contributed by atoms with E-state index in [0.29, 0.717) is 17.1 Å². The van der Waals surface area contributed by atoms with Crippen molar-refractivity contribution in [2.45, 2.75) is 13.5 Å². The molecule has 3 aromatic rings. The van der Waals surface area contributed by atoms with Gasteiger partial charge in [0, 0.05) is 5.56 Å². The third kappa shape index (κ3) is 3.59. The highest BCUT2D eigenvalue weighted by molar-refractivity contribution is 6.14. The number of carbonyl (C=O) groups excluding carboxylic acids is 2. The SMILES string of the molecule is COc1ccc2ccc(OC)c(/C=C3/NC(=O)N(Cc4cccc(C)c4)C3=O)c2c1.